The quantitative estimate of drug-likeness (QED) is 0.758. The van der Waals surface area contributed by atoms with E-state index in [2.05, 4.69) is 41.3 Å². The third-order valence-electron chi connectivity index (χ3n) is 5.74. The number of H-pyrrole nitrogens is 1. The number of nitrogens with one attached hydrogen (secondary N) is 1. The summed E-state index contributed by atoms with van der Waals surface area (Å²) in [6.07, 6.45) is 5.60. The number of aromatic nitrogens is 3. The largest absolute Gasteiger partial charge is 0.338 e. The summed E-state index contributed by atoms with van der Waals surface area (Å²) >= 11 is 0. The summed E-state index contributed by atoms with van der Waals surface area (Å²) in [5.74, 6) is 0.254. The van der Waals surface area contributed by atoms with Crippen molar-refractivity contribution in [1.29, 1.82) is 0 Å². The molecule has 0 bridgehead atoms. The summed E-state index contributed by atoms with van der Waals surface area (Å²) in [5, 5.41) is 2.95. The standard InChI is InChI=1S/C22H26N4O2/c1-15-6-3-4-8-18(15)10-9-17-7-5-11-25(14-17)21(27)19-13-23-20-12-16(2)24-26(20)22(19)28/h3-4,6,8,12-13,17,24H,5,7,9-11,14H2,1-2H3. The maximum Gasteiger partial charge on any atom is 0.285 e. The first kappa shape index (κ1) is 18.5. The Morgan fingerprint density at radius 1 is 1.29 bits per heavy atom. The second-order valence-electron chi connectivity index (χ2n) is 7.83. The molecule has 2 aromatic heterocycles. The van der Waals surface area contributed by atoms with Crippen LogP contribution >= 0.6 is 0 Å². The third-order valence-corrected chi connectivity index (χ3v) is 5.74. The maximum absolute atomic E-state index is 13.0. The summed E-state index contributed by atoms with van der Waals surface area (Å²) < 4.78 is 1.35. The minimum absolute atomic E-state index is 0.138. The molecule has 3 heterocycles. The van der Waals surface area contributed by atoms with E-state index in [1.807, 2.05) is 11.8 Å². The summed E-state index contributed by atoms with van der Waals surface area (Å²) in [7, 11) is 0. The van der Waals surface area contributed by atoms with Gasteiger partial charge in [-0.2, -0.15) is 0 Å². The number of fused-ring (bicyclic) bond motifs is 1. The van der Waals surface area contributed by atoms with Gasteiger partial charge in [0.1, 0.15) is 5.56 Å². The zero-order valence-electron chi connectivity index (χ0n) is 16.4. The van der Waals surface area contributed by atoms with Crippen molar-refractivity contribution >= 4 is 11.6 Å². The molecule has 1 fully saturated rings. The molecule has 6 nitrogen and oxygen atoms in total. The van der Waals surface area contributed by atoms with Crippen molar-refractivity contribution in [3.05, 3.63) is 69.3 Å². The molecule has 1 saturated heterocycles. The first-order valence-electron chi connectivity index (χ1n) is 9.94. The van der Waals surface area contributed by atoms with Gasteiger partial charge in [-0.25, -0.2) is 9.50 Å². The van der Waals surface area contributed by atoms with E-state index in [9.17, 15) is 9.59 Å². The maximum atomic E-state index is 13.0. The highest BCUT2D eigenvalue weighted by Crippen LogP contribution is 2.23. The average molecular weight is 378 g/mol. The molecule has 1 unspecified atom stereocenters. The fraction of sp³-hybridized carbons (Fsp3) is 0.409. The van der Waals surface area contributed by atoms with E-state index in [0.29, 0.717) is 24.7 Å². The van der Waals surface area contributed by atoms with E-state index in [-0.39, 0.29) is 17.0 Å². The molecule has 6 heteroatoms. The molecule has 146 valence electrons. The summed E-state index contributed by atoms with van der Waals surface area (Å²) in [6.45, 7) is 5.41. The Morgan fingerprint density at radius 3 is 2.93 bits per heavy atom. The Morgan fingerprint density at radius 2 is 2.11 bits per heavy atom. The van der Waals surface area contributed by atoms with Crippen molar-refractivity contribution in [2.24, 2.45) is 5.92 Å². The molecule has 0 saturated carbocycles. The van der Waals surface area contributed by atoms with Gasteiger partial charge in [0, 0.05) is 31.0 Å². The molecule has 0 aliphatic carbocycles. The molecule has 1 aliphatic heterocycles. The lowest BCUT2D eigenvalue weighted by Gasteiger charge is -2.32. The Balaban J connectivity index is 1.47. The Kier molecular flexibility index (Phi) is 5.03. The van der Waals surface area contributed by atoms with Crippen LogP contribution in [0.5, 0.6) is 0 Å². The second kappa shape index (κ2) is 7.62. The Labute approximate surface area is 164 Å². The van der Waals surface area contributed by atoms with Gasteiger partial charge in [-0.15, -0.1) is 0 Å². The van der Waals surface area contributed by atoms with E-state index < -0.39 is 0 Å². The number of carbonyl (C=O) groups excluding carboxylic acids is 1. The van der Waals surface area contributed by atoms with Gasteiger partial charge in [-0.05, 0) is 56.6 Å². The van der Waals surface area contributed by atoms with Gasteiger partial charge >= 0.3 is 0 Å². The van der Waals surface area contributed by atoms with Crippen LogP contribution in [0.15, 0.2) is 41.3 Å². The molecule has 0 spiro atoms. The Bertz CT molecular complexity index is 1070. The van der Waals surface area contributed by atoms with Crippen molar-refractivity contribution in [3.8, 4) is 0 Å². The number of hydrogen-bond donors (Lipinski definition) is 1. The molecular weight excluding hydrogens is 352 g/mol. The number of nitrogens with zero attached hydrogens (tertiary/aromatic N) is 3. The molecular formula is C22H26N4O2. The predicted molar refractivity (Wildman–Crippen MR) is 109 cm³/mol. The lowest BCUT2D eigenvalue weighted by atomic mass is 9.90. The number of benzene rings is 1. The van der Waals surface area contributed by atoms with Crippen LogP contribution in [0.3, 0.4) is 0 Å². The van der Waals surface area contributed by atoms with Gasteiger partial charge in [0.2, 0.25) is 0 Å². The second-order valence-corrected chi connectivity index (χ2v) is 7.83. The molecule has 1 amide bonds. The number of hydrogen-bond acceptors (Lipinski definition) is 3. The van der Waals surface area contributed by atoms with Crippen molar-refractivity contribution < 1.29 is 4.79 Å². The molecule has 1 aromatic carbocycles. The average Bonchev–Trinajstić information content (AvgIpc) is 3.09. The van der Waals surface area contributed by atoms with Crippen LogP contribution in [0.1, 0.15) is 46.4 Å². The number of aryl methyl sites for hydroxylation is 3. The molecule has 1 atom stereocenters. The van der Waals surface area contributed by atoms with Crippen molar-refractivity contribution in [2.75, 3.05) is 13.1 Å². The first-order chi connectivity index (χ1) is 13.5. The van der Waals surface area contributed by atoms with Gasteiger partial charge in [-0.1, -0.05) is 24.3 Å². The minimum atomic E-state index is -0.329. The van der Waals surface area contributed by atoms with Gasteiger partial charge in [0.25, 0.3) is 11.5 Å². The van der Waals surface area contributed by atoms with Gasteiger partial charge in [-0.3, -0.25) is 14.7 Å². The molecule has 3 aromatic rings. The predicted octanol–water partition coefficient (Wildman–Crippen LogP) is 3.12. The van der Waals surface area contributed by atoms with E-state index in [0.717, 1.165) is 31.4 Å². The van der Waals surface area contributed by atoms with Crippen molar-refractivity contribution in [2.45, 2.75) is 39.5 Å². The SMILES string of the molecule is Cc1cc2ncc(C(=O)N3CCCC(CCc4ccccc4C)C3)c(=O)n2[nH]1. The van der Waals surface area contributed by atoms with Crippen LogP contribution in [0.4, 0.5) is 0 Å². The number of rotatable bonds is 4. The van der Waals surface area contributed by atoms with Crippen molar-refractivity contribution in [1.82, 2.24) is 19.5 Å². The first-order valence-corrected chi connectivity index (χ1v) is 9.94. The molecule has 28 heavy (non-hydrogen) atoms. The fourth-order valence-corrected chi connectivity index (χ4v) is 4.13. The zero-order valence-corrected chi connectivity index (χ0v) is 16.4. The van der Waals surface area contributed by atoms with Gasteiger partial charge in [0.05, 0.1) is 0 Å². The highest BCUT2D eigenvalue weighted by atomic mass is 16.2. The number of amides is 1. The van der Waals surface area contributed by atoms with E-state index in [1.165, 1.54) is 21.8 Å². The highest BCUT2D eigenvalue weighted by Gasteiger charge is 2.26. The summed E-state index contributed by atoms with van der Waals surface area (Å²) in [4.78, 5) is 31.8. The van der Waals surface area contributed by atoms with E-state index >= 15 is 0 Å². The van der Waals surface area contributed by atoms with Crippen LogP contribution in [-0.4, -0.2) is 38.5 Å². The van der Waals surface area contributed by atoms with Gasteiger partial charge in [0.15, 0.2) is 5.65 Å². The number of aromatic amines is 1. The van der Waals surface area contributed by atoms with Gasteiger partial charge < -0.3 is 4.90 Å². The van der Waals surface area contributed by atoms with E-state index in [4.69, 9.17) is 0 Å². The highest BCUT2D eigenvalue weighted by molar-refractivity contribution is 5.93. The normalized spacial score (nSPS) is 17.2. The lowest BCUT2D eigenvalue weighted by molar-refractivity contribution is 0.0665. The minimum Gasteiger partial charge on any atom is -0.338 e. The van der Waals surface area contributed by atoms with Crippen LogP contribution < -0.4 is 5.56 Å². The Hall–Kier alpha value is -2.89. The molecule has 4 rings (SSSR count). The smallest absolute Gasteiger partial charge is 0.285 e. The van der Waals surface area contributed by atoms with Crippen LogP contribution in [0.2, 0.25) is 0 Å². The van der Waals surface area contributed by atoms with E-state index in [1.54, 1.807) is 6.07 Å². The van der Waals surface area contributed by atoms with Crippen LogP contribution in [-0.2, 0) is 6.42 Å². The number of piperidine rings is 1. The lowest BCUT2D eigenvalue weighted by Crippen LogP contribution is -2.42. The monoisotopic (exact) mass is 378 g/mol. The van der Waals surface area contributed by atoms with Crippen LogP contribution in [0, 0.1) is 19.8 Å². The number of likely N-dealkylation sites (tertiary alicyclic amines) is 1. The summed E-state index contributed by atoms with van der Waals surface area (Å²) in [5.41, 5.74) is 3.88. The molecule has 1 aliphatic rings. The fourth-order valence-electron chi connectivity index (χ4n) is 4.13. The van der Waals surface area contributed by atoms with Crippen molar-refractivity contribution in [3.63, 3.8) is 0 Å². The zero-order chi connectivity index (χ0) is 19.7. The summed E-state index contributed by atoms with van der Waals surface area (Å²) in [6, 6.07) is 10.3. The van der Waals surface area contributed by atoms with Crippen LogP contribution in [0.25, 0.3) is 5.65 Å². The molecule has 1 N–H and O–H groups in total. The topological polar surface area (TPSA) is 70.5 Å². The third kappa shape index (κ3) is 3.59. The number of carbonyl (C=O) groups is 1. The molecule has 0 radical (unpaired) electrons.